The summed E-state index contributed by atoms with van der Waals surface area (Å²) in [6.45, 7) is 7.77. The third-order valence-electron chi connectivity index (χ3n) is 5.70. The van der Waals surface area contributed by atoms with E-state index in [1.165, 1.54) is 0 Å². The van der Waals surface area contributed by atoms with Gasteiger partial charge >= 0.3 is 0 Å². The Hall–Kier alpha value is -2.62. The molecule has 0 saturated heterocycles. The average molecular weight is 395 g/mol. The van der Waals surface area contributed by atoms with Crippen molar-refractivity contribution in [2.24, 2.45) is 16.7 Å². The third kappa shape index (κ3) is 4.69. The number of aliphatic hydroxyl groups excluding tert-OH is 2. The molecule has 1 aromatic carbocycles. The number of aliphatic hydroxyl groups is 2. The van der Waals surface area contributed by atoms with Crippen LogP contribution in [0.4, 0.5) is 0 Å². The number of carbonyl (C=O) groups excluding carboxylic acids is 2. The van der Waals surface area contributed by atoms with Crippen molar-refractivity contribution in [3.63, 3.8) is 0 Å². The van der Waals surface area contributed by atoms with Crippen LogP contribution in [0.5, 0.6) is 0 Å². The third-order valence-corrected chi connectivity index (χ3v) is 5.70. The van der Waals surface area contributed by atoms with Crippen LogP contribution in [0, 0.1) is 16.7 Å². The molecule has 0 radical (unpaired) electrons. The van der Waals surface area contributed by atoms with E-state index >= 15 is 0 Å². The fourth-order valence-electron chi connectivity index (χ4n) is 4.42. The maximum Gasteiger partial charge on any atom is 0.163 e. The van der Waals surface area contributed by atoms with Crippen LogP contribution in [0.25, 0.3) is 6.08 Å². The molecule has 0 bridgehead atoms. The van der Waals surface area contributed by atoms with Crippen molar-refractivity contribution in [3.05, 3.63) is 64.6 Å². The van der Waals surface area contributed by atoms with E-state index in [2.05, 4.69) is 0 Å². The molecule has 0 fully saturated rings. The summed E-state index contributed by atoms with van der Waals surface area (Å²) in [6.07, 6.45) is 4.95. The highest BCUT2D eigenvalue weighted by molar-refractivity contribution is 6.04. The Morgan fingerprint density at radius 3 is 1.66 bits per heavy atom. The summed E-state index contributed by atoms with van der Waals surface area (Å²) >= 11 is 0. The first-order chi connectivity index (χ1) is 13.5. The van der Waals surface area contributed by atoms with Gasteiger partial charge in [-0.3, -0.25) is 9.59 Å². The van der Waals surface area contributed by atoms with Crippen LogP contribution in [0.1, 0.15) is 58.9 Å². The van der Waals surface area contributed by atoms with Crippen molar-refractivity contribution in [1.29, 1.82) is 0 Å². The van der Waals surface area contributed by atoms with Gasteiger partial charge in [0.1, 0.15) is 11.5 Å². The second-order valence-electron chi connectivity index (χ2n) is 9.85. The van der Waals surface area contributed by atoms with Crippen LogP contribution in [0.15, 0.2) is 59.1 Å². The Balaban J connectivity index is 2.12. The predicted molar refractivity (Wildman–Crippen MR) is 114 cm³/mol. The lowest BCUT2D eigenvalue weighted by molar-refractivity contribution is -0.119. The van der Waals surface area contributed by atoms with Gasteiger partial charge in [-0.2, -0.15) is 0 Å². The van der Waals surface area contributed by atoms with Gasteiger partial charge in [-0.15, -0.1) is 0 Å². The maximum atomic E-state index is 13.0. The van der Waals surface area contributed by atoms with Gasteiger partial charge in [0.15, 0.2) is 11.6 Å². The van der Waals surface area contributed by atoms with Gasteiger partial charge in [0.05, 0.1) is 0 Å². The normalized spacial score (nSPS) is 22.1. The molecule has 0 unspecified atom stereocenters. The van der Waals surface area contributed by atoms with Crippen LogP contribution in [-0.4, -0.2) is 21.8 Å². The van der Waals surface area contributed by atoms with Crippen LogP contribution in [0.2, 0.25) is 0 Å². The molecule has 0 amide bonds. The Kier molecular flexibility index (Phi) is 5.57. The Bertz CT molecular complexity index is 861. The molecule has 0 atom stereocenters. The molecule has 0 heterocycles. The van der Waals surface area contributed by atoms with Gasteiger partial charge in [0.2, 0.25) is 0 Å². The molecule has 2 aliphatic carbocycles. The molecule has 2 N–H and O–H groups in total. The van der Waals surface area contributed by atoms with Gasteiger partial charge in [-0.05, 0) is 16.4 Å². The van der Waals surface area contributed by atoms with E-state index in [4.69, 9.17) is 0 Å². The summed E-state index contributed by atoms with van der Waals surface area (Å²) in [4.78, 5) is 26.0. The zero-order chi connectivity index (χ0) is 21.4. The second kappa shape index (κ2) is 7.66. The van der Waals surface area contributed by atoms with Crippen molar-refractivity contribution in [2.75, 3.05) is 0 Å². The quantitative estimate of drug-likeness (QED) is 0.685. The average Bonchev–Trinajstić information content (AvgIpc) is 2.56. The zero-order valence-electron chi connectivity index (χ0n) is 17.7. The van der Waals surface area contributed by atoms with E-state index in [1.54, 1.807) is 6.08 Å². The van der Waals surface area contributed by atoms with E-state index < -0.39 is 5.92 Å². The first-order valence-electron chi connectivity index (χ1n) is 10.1. The SMILES string of the molecule is CC1(C)CC(=O)C(C(C=Cc2ccccc2)C2=C(O)CC(C)(C)CC2=O)=C(O)C1. The molecule has 0 saturated carbocycles. The van der Waals surface area contributed by atoms with E-state index in [0.717, 1.165) is 5.56 Å². The van der Waals surface area contributed by atoms with E-state index in [0.29, 0.717) is 25.7 Å². The smallest absolute Gasteiger partial charge is 0.163 e. The molecule has 4 nitrogen and oxygen atoms in total. The Morgan fingerprint density at radius 2 is 1.24 bits per heavy atom. The van der Waals surface area contributed by atoms with Gasteiger partial charge < -0.3 is 10.2 Å². The molecular formula is C25H30O4. The molecule has 0 spiro atoms. The molecule has 4 heteroatoms. The molecule has 29 heavy (non-hydrogen) atoms. The summed E-state index contributed by atoms with van der Waals surface area (Å²) in [6, 6.07) is 9.58. The molecule has 154 valence electrons. The minimum absolute atomic E-state index is 0.0203. The molecular weight excluding hydrogens is 364 g/mol. The van der Waals surface area contributed by atoms with E-state index in [9.17, 15) is 19.8 Å². The number of hydrogen-bond acceptors (Lipinski definition) is 4. The second-order valence-corrected chi connectivity index (χ2v) is 9.85. The van der Waals surface area contributed by atoms with Crippen LogP contribution in [0.3, 0.4) is 0 Å². The Morgan fingerprint density at radius 1 is 0.793 bits per heavy atom. The first-order valence-corrected chi connectivity index (χ1v) is 10.1. The predicted octanol–water partition coefficient (Wildman–Crippen LogP) is 5.72. The van der Waals surface area contributed by atoms with Crippen molar-refractivity contribution in [2.45, 2.75) is 53.4 Å². The molecule has 2 aliphatic rings. The van der Waals surface area contributed by atoms with E-state index in [-0.39, 0.29) is 45.1 Å². The highest BCUT2D eigenvalue weighted by Gasteiger charge is 2.42. The lowest BCUT2D eigenvalue weighted by Crippen LogP contribution is -2.33. The van der Waals surface area contributed by atoms with Crippen LogP contribution >= 0.6 is 0 Å². The lowest BCUT2D eigenvalue weighted by Gasteiger charge is -2.35. The zero-order valence-corrected chi connectivity index (χ0v) is 17.7. The largest absolute Gasteiger partial charge is 0.512 e. The van der Waals surface area contributed by atoms with Gasteiger partial charge in [0, 0.05) is 42.7 Å². The highest BCUT2D eigenvalue weighted by atomic mass is 16.3. The lowest BCUT2D eigenvalue weighted by atomic mass is 9.68. The van der Waals surface area contributed by atoms with Gasteiger partial charge in [0.25, 0.3) is 0 Å². The van der Waals surface area contributed by atoms with Crippen LogP contribution < -0.4 is 0 Å². The van der Waals surface area contributed by atoms with Crippen molar-refractivity contribution >= 4 is 17.6 Å². The first kappa shape index (κ1) is 21.1. The monoisotopic (exact) mass is 394 g/mol. The number of carbonyl (C=O) groups is 2. The number of ketones is 2. The Labute approximate surface area is 172 Å². The highest BCUT2D eigenvalue weighted by Crippen LogP contribution is 2.44. The summed E-state index contributed by atoms with van der Waals surface area (Å²) < 4.78 is 0. The van der Waals surface area contributed by atoms with Gasteiger partial charge in [-0.25, -0.2) is 0 Å². The number of hydrogen-bond donors (Lipinski definition) is 2. The molecule has 1 aromatic rings. The standard InChI is InChI=1S/C25H30O4/c1-24(2)12-18(26)22(19(27)13-24)17(11-10-16-8-6-5-7-9-16)23-20(28)14-25(3,4)15-21(23)29/h5-11,17,26,28H,12-15H2,1-4H3. The summed E-state index contributed by atoms with van der Waals surface area (Å²) in [5.41, 5.74) is 0.753. The molecule has 0 aliphatic heterocycles. The van der Waals surface area contributed by atoms with Crippen LogP contribution in [-0.2, 0) is 9.59 Å². The number of rotatable bonds is 4. The number of benzene rings is 1. The summed E-state index contributed by atoms with van der Waals surface area (Å²) in [5, 5.41) is 21.5. The maximum absolute atomic E-state index is 13.0. The topological polar surface area (TPSA) is 74.6 Å². The minimum Gasteiger partial charge on any atom is -0.512 e. The summed E-state index contributed by atoms with van der Waals surface area (Å²) in [5.74, 6) is -1.04. The van der Waals surface area contributed by atoms with Gasteiger partial charge in [-0.1, -0.05) is 70.2 Å². The fraction of sp³-hybridized carbons (Fsp3) is 0.440. The van der Waals surface area contributed by atoms with Crippen molar-refractivity contribution < 1.29 is 19.8 Å². The van der Waals surface area contributed by atoms with Crippen molar-refractivity contribution in [3.8, 4) is 0 Å². The fourth-order valence-corrected chi connectivity index (χ4v) is 4.42. The van der Waals surface area contributed by atoms with Crippen molar-refractivity contribution in [1.82, 2.24) is 0 Å². The van der Waals surface area contributed by atoms with E-state index in [1.807, 2.05) is 64.1 Å². The summed E-state index contributed by atoms with van der Waals surface area (Å²) in [7, 11) is 0. The number of allylic oxidation sites excluding steroid dienone is 5. The molecule has 0 aromatic heterocycles. The molecule has 3 rings (SSSR count). The minimum atomic E-state index is -0.748. The number of Topliss-reactive ketones (excluding diaryl/α,β-unsaturated/α-hetero) is 2.